The van der Waals surface area contributed by atoms with E-state index in [1.807, 2.05) is 18.2 Å². The lowest BCUT2D eigenvalue weighted by Crippen LogP contribution is -2.30. The molecule has 0 saturated carbocycles. The SMILES string of the molecule is C=CC(c1cccc(O)c1OC)C1CCNCC1. The predicted molar refractivity (Wildman–Crippen MR) is 73.2 cm³/mol. The topological polar surface area (TPSA) is 41.5 Å². The Hall–Kier alpha value is -1.48. The fourth-order valence-electron chi connectivity index (χ4n) is 2.80. The molecule has 2 N–H and O–H groups in total. The van der Waals surface area contributed by atoms with Gasteiger partial charge in [0.1, 0.15) is 0 Å². The van der Waals surface area contributed by atoms with Crippen molar-refractivity contribution in [1.29, 1.82) is 0 Å². The summed E-state index contributed by atoms with van der Waals surface area (Å²) in [6.07, 6.45) is 4.25. The third-order valence-electron chi connectivity index (χ3n) is 3.73. The van der Waals surface area contributed by atoms with E-state index in [4.69, 9.17) is 4.74 Å². The zero-order chi connectivity index (χ0) is 13.0. The number of rotatable bonds is 4. The molecule has 1 fully saturated rings. The second kappa shape index (κ2) is 5.91. The van der Waals surface area contributed by atoms with Gasteiger partial charge in [0.2, 0.25) is 0 Å². The number of benzene rings is 1. The van der Waals surface area contributed by atoms with Gasteiger partial charge in [-0.15, -0.1) is 6.58 Å². The van der Waals surface area contributed by atoms with Crippen molar-refractivity contribution in [3.63, 3.8) is 0 Å². The van der Waals surface area contributed by atoms with Gasteiger partial charge in [-0.2, -0.15) is 0 Å². The molecule has 1 saturated heterocycles. The van der Waals surface area contributed by atoms with E-state index >= 15 is 0 Å². The monoisotopic (exact) mass is 247 g/mol. The molecule has 1 heterocycles. The van der Waals surface area contributed by atoms with Crippen molar-refractivity contribution in [2.24, 2.45) is 5.92 Å². The van der Waals surface area contributed by atoms with Crippen molar-refractivity contribution in [1.82, 2.24) is 5.32 Å². The van der Waals surface area contributed by atoms with Crippen LogP contribution in [0, 0.1) is 5.92 Å². The number of nitrogens with one attached hydrogen (secondary N) is 1. The molecule has 1 aromatic carbocycles. The van der Waals surface area contributed by atoms with E-state index in [0.29, 0.717) is 11.7 Å². The first-order valence-corrected chi connectivity index (χ1v) is 6.47. The van der Waals surface area contributed by atoms with E-state index in [9.17, 15) is 5.11 Å². The lowest BCUT2D eigenvalue weighted by molar-refractivity contribution is 0.330. The van der Waals surface area contributed by atoms with Gasteiger partial charge in [-0.3, -0.25) is 0 Å². The highest BCUT2D eigenvalue weighted by atomic mass is 16.5. The van der Waals surface area contributed by atoms with Crippen molar-refractivity contribution in [3.8, 4) is 11.5 Å². The van der Waals surface area contributed by atoms with Crippen molar-refractivity contribution in [2.45, 2.75) is 18.8 Å². The normalized spacial score (nSPS) is 18.3. The Bertz CT molecular complexity index is 411. The molecular formula is C15H21NO2. The molecule has 0 bridgehead atoms. The van der Waals surface area contributed by atoms with Gasteiger partial charge in [0.15, 0.2) is 11.5 Å². The molecule has 18 heavy (non-hydrogen) atoms. The van der Waals surface area contributed by atoms with Gasteiger partial charge in [0.25, 0.3) is 0 Å². The quantitative estimate of drug-likeness (QED) is 0.804. The van der Waals surface area contributed by atoms with Crippen LogP contribution in [0.3, 0.4) is 0 Å². The molecule has 1 unspecified atom stereocenters. The van der Waals surface area contributed by atoms with E-state index < -0.39 is 0 Å². The highest BCUT2D eigenvalue weighted by Crippen LogP contribution is 2.40. The number of allylic oxidation sites excluding steroid dienone is 1. The van der Waals surface area contributed by atoms with Crippen LogP contribution < -0.4 is 10.1 Å². The fourth-order valence-corrected chi connectivity index (χ4v) is 2.80. The van der Waals surface area contributed by atoms with Crippen LogP contribution in [-0.4, -0.2) is 25.3 Å². The third-order valence-corrected chi connectivity index (χ3v) is 3.73. The minimum atomic E-state index is 0.204. The van der Waals surface area contributed by atoms with Crippen LogP contribution in [0.1, 0.15) is 24.3 Å². The molecule has 1 aromatic rings. The summed E-state index contributed by atoms with van der Waals surface area (Å²) in [4.78, 5) is 0. The first kappa shape index (κ1) is 13.0. The van der Waals surface area contributed by atoms with Gasteiger partial charge < -0.3 is 15.2 Å². The van der Waals surface area contributed by atoms with Gasteiger partial charge >= 0.3 is 0 Å². The molecule has 1 aliphatic rings. The average Bonchev–Trinajstić information content (AvgIpc) is 2.41. The second-order valence-electron chi connectivity index (χ2n) is 4.75. The smallest absolute Gasteiger partial charge is 0.164 e. The first-order chi connectivity index (χ1) is 8.77. The summed E-state index contributed by atoms with van der Waals surface area (Å²) < 4.78 is 5.34. The summed E-state index contributed by atoms with van der Waals surface area (Å²) in [5.41, 5.74) is 1.04. The highest BCUT2D eigenvalue weighted by Gasteiger charge is 2.25. The van der Waals surface area contributed by atoms with Crippen LogP contribution in [0.4, 0.5) is 0 Å². The van der Waals surface area contributed by atoms with E-state index in [1.165, 1.54) is 0 Å². The number of aromatic hydroxyl groups is 1. The molecule has 98 valence electrons. The van der Waals surface area contributed by atoms with E-state index in [-0.39, 0.29) is 11.7 Å². The molecule has 0 amide bonds. The molecule has 0 aromatic heterocycles. The lowest BCUT2D eigenvalue weighted by Gasteiger charge is -2.30. The number of hydrogen-bond donors (Lipinski definition) is 2. The molecule has 0 radical (unpaired) electrons. The number of para-hydroxylation sites is 1. The Morgan fingerprint density at radius 2 is 2.17 bits per heavy atom. The van der Waals surface area contributed by atoms with Crippen LogP contribution in [-0.2, 0) is 0 Å². The first-order valence-electron chi connectivity index (χ1n) is 6.47. The minimum absolute atomic E-state index is 0.204. The van der Waals surface area contributed by atoms with Crippen molar-refractivity contribution in [3.05, 3.63) is 36.4 Å². The number of phenolic OH excluding ortho intramolecular Hbond substituents is 1. The summed E-state index contributed by atoms with van der Waals surface area (Å²) >= 11 is 0. The van der Waals surface area contributed by atoms with Gasteiger partial charge in [-0.05, 0) is 37.9 Å². The molecule has 1 atom stereocenters. The predicted octanol–water partition coefficient (Wildman–Crippen LogP) is 2.67. The van der Waals surface area contributed by atoms with Crippen LogP contribution >= 0.6 is 0 Å². The molecule has 1 aliphatic heterocycles. The Morgan fingerprint density at radius 3 is 2.78 bits per heavy atom. The van der Waals surface area contributed by atoms with Crippen LogP contribution in [0.15, 0.2) is 30.9 Å². The zero-order valence-corrected chi connectivity index (χ0v) is 10.9. The average molecular weight is 247 g/mol. The fraction of sp³-hybridized carbons (Fsp3) is 0.467. The Balaban J connectivity index is 2.31. The van der Waals surface area contributed by atoms with E-state index in [2.05, 4.69) is 11.9 Å². The Morgan fingerprint density at radius 1 is 1.44 bits per heavy atom. The molecule has 0 spiro atoms. The van der Waals surface area contributed by atoms with Gasteiger partial charge in [0.05, 0.1) is 7.11 Å². The summed E-state index contributed by atoms with van der Waals surface area (Å²) in [6, 6.07) is 5.54. The molecule has 2 rings (SSSR count). The maximum Gasteiger partial charge on any atom is 0.164 e. The number of methoxy groups -OCH3 is 1. The van der Waals surface area contributed by atoms with Crippen LogP contribution in [0.2, 0.25) is 0 Å². The van der Waals surface area contributed by atoms with Crippen LogP contribution in [0.5, 0.6) is 11.5 Å². The second-order valence-corrected chi connectivity index (χ2v) is 4.75. The van der Waals surface area contributed by atoms with Crippen molar-refractivity contribution < 1.29 is 9.84 Å². The molecule has 0 aliphatic carbocycles. The van der Waals surface area contributed by atoms with Gasteiger partial charge in [-0.1, -0.05) is 18.2 Å². The minimum Gasteiger partial charge on any atom is -0.504 e. The zero-order valence-electron chi connectivity index (χ0n) is 10.9. The maximum atomic E-state index is 9.86. The van der Waals surface area contributed by atoms with Crippen molar-refractivity contribution in [2.75, 3.05) is 20.2 Å². The Labute approximate surface area is 108 Å². The van der Waals surface area contributed by atoms with Crippen molar-refractivity contribution >= 4 is 0 Å². The number of ether oxygens (including phenoxy) is 1. The molecular weight excluding hydrogens is 226 g/mol. The highest BCUT2D eigenvalue weighted by molar-refractivity contribution is 5.48. The summed E-state index contributed by atoms with van der Waals surface area (Å²) in [6.45, 7) is 6.06. The summed E-state index contributed by atoms with van der Waals surface area (Å²) in [5, 5.41) is 13.2. The van der Waals surface area contributed by atoms with Crippen LogP contribution in [0.25, 0.3) is 0 Å². The standard InChI is InChI=1S/C15H21NO2/c1-3-12(11-7-9-16-10-8-11)13-5-4-6-14(17)15(13)18-2/h3-6,11-12,16-17H,1,7-10H2,2H3. The van der Waals surface area contributed by atoms with Gasteiger partial charge in [-0.25, -0.2) is 0 Å². The molecule has 3 heteroatoms. The summed E-state index contributed by atoms with van der Waals surface area (Å²) in [5.74, 6) is 1.60. The summed E-state index contributed by atoms with van der Waals surface area (Å²) in [7, 11) is 1.60. The van der Waals surface area contributed by atoms with E-state index in [1.54, 1.807) is 13.2 Å². The number of piperidine rings is 1. The van der Waals surface area contributed by atoms with Gasteiger partial charge in [0, 0.05) is 11.5 Å². The largest absolute Gasteiger partial charge is 0.504 e. The maximum absolute atomic E-state index is 9.86. The molecule has 3 nitrogen and oxygen atoms in total. The lowest BCUT2D eigenvalue weighted by atomic mass is 9.80. The van der Waals surface area contributed by atoms with E-state index in [0.717, 1.165) is 31.5 Å². The number of hydrogen-bond acceptors (Lipinski definition) is 3. The third kappa shape index (κ3) is 2.51. The Kier molecular flexibility index (Phi) is 4.26. The number of phenols is 1.